The predicted octanol–water partition coefficient (Wildman–Crippen LogP) is 6.69. The summed E-state index contributed by atoms with van der Waals surface area (Å²) in [6.45, 7) is 3.72. The molecule has 0 spiro atoms. The maximum Gasteiger partial charge on any atom is 0.416 e. The number of benzene rings is 3. The summed E-state index contributed by atoms with van der Waals surface area (Å²) >= 11 is 3.35. The molecule has 0 saturated heterocycles. The van der Waals surface area contributed by atoms with Crippen molar-refractivity contribution in [2.24, 2.45) is 0 Å². The van der Waals surface area contributed by atoms with Crippen LogP contribution in [0.5, 0.6) is 11.5 Å². The summed E-state index contributed by atoms with van der Waals surface area (Å²) in [7, 11) is -3.33. The van der Waals surface area contributed by atoms with Crippen molar-refractivity contribution in [1.82, 2.24) is 4.90 Å². The third-order valence-electron chi connectivity index (χ3n) is 5.19. The molecule has 0 aliphatic rings. The number of amides is 2. The topological polar surface area (TPSA) is 84.9 Å². The largest absolute Gasteiger partial charge is 0.493 e. The van der Waals surface area contributed by atoms with Crippen LogP contribution < -0.4 is 14.2 Å². The van der Waals surface area contributed by atoms with Gasteiger partial charge in [-0.3, -0.25) is 0 Å². The van der Waals surface area contributed by atoms with Crippen molar-refractivity contribution in [1.29, 1.82) is 0 Å². The van der Waals surface area contributed by atoms with Gasteiger partial charge in [-0.1, -0.05) is 34.1 Å². The van der Waals surface area contributed by atoms with Gasteiger partial charge in [-0.2, -0.15) is 21.6 Å². The van der Waals surface area contributed by atoms with Crippen LogP contribution in [0.3, 0.4) is 0 Å². The standard InChI is InChI=1S/C25H24BrF3N2O5S/c1-16(2)31(24(32)30-20-8-5-7-19(26)14-20)15-17-10-11-22(35-3)23(12-17)36-37(33,34)21-9-4-6-18(13-21)25(27,28)29/h4-14,16H,15H2,1-3H3,(H,30,32). The highest BCUT2D eigenvalue weighted by Crippen LogP contribution is 2.34. The van der Waals surface area contributed by atoms with E-state index in [1.165, 1.54) is 24.1 Å². The molecule has 0 radical (unpaired) electrons. The van der Waals surface area contributed by atoms with Crippen LogP contribution in [0, 0.1) is 0 Å². The van der Waals surface area contributed by atoms with E-state index < -0.39 is 26.8 Å². The van der Waals surface area contributed by atoms with Gasteiger partial charge in [0.25, 0.3) is 0 Å². The predicted molar refractivity (Wildman–Crippen MR) is 136 cm³/mol. The fourth-order valence-corrected chi connectivity index (χ4v) is 4.70. The molecule has 0 aliphatic carbocycles. The van der Waals surface area contributed by atoms with E-state index in [1.807, 2.05) is 19.9 Å². The lowest BCUT2D eigenvalue weighted by Crippen LogP contribution is -2.39. The van der Waals surface area contributed by atoms with Crippen molar-refractivity contribution in [3.8, 4) is 11.5 Å². The zero-order valence-corrected chi connectivity index (χ0v) is 22.4. The first kappa shape index (κ1) is 28.3. The van der Waals surface area contributed by atoms with E-state index in [0.717, 1.165) is 22.7 Å². The Balaban J connectivity index is 1.87. The highest BCUT2D eigenvalue weighted by Gasteiger charge is 2.32. The molecule has 0 saturated carbocycles. The molecule has 0 fully saturated rings. The van der Waals surface area contributed by atoms with Crippen LogP contribution in [0.1, 0.15) is 25.0 Å². The second-order valence-electron chi connectivity index (χ2n) is 8.21. The summed E-state index contributed by atoms with van der Waals surface area (Å²) in [4.78, 5) is 13.8. The van der Waals surface area contributed by atoms with E-state index in [4.69, 9.17) is 8.92 Å². The molecule has 0 bridgehead atoms. The normalized spacial score (nSPS) is 11.8. The summed E-state index contributed by atoms with van der Waals surface area (Å²) in [5.74, 6) is -0.178. The van der Waals surface area contributed by atoms with Gasteiger partial charge in [-0.25, -0.2) is 4.79 Å². The molecule has 0 aromatic heterocycles. The number of ether oxygens (including phenoxy) is 1. The molecule has 3 aromatic rings. The molecule has 3 rings (SSSR count). The second-order valence-corrected chi connectivity index (χ2v) is 10.7. The van der Waals surface area contributed by atoms with Gasteiger partial charge >= 0.3 is 22.3 Å². The van der Waals surface area contributed by atoms with Crippen LogP contribution in [0.15, 0.2) is 76.1 Å². The number of hydrogen-bond donors (Lipinski definition) is 1. The van der Waals surface area contributed by atoms with E-state index in [2.05, 4.69) is 21.2 Å². The Labute approximate surface area is 221 Å². The number of hydrogen-bond acceptors (Lipinski definition) is 5. The third kappa shape index (κ3) is 7.39. The SMILES string of the molecule is COc1ccc(CN(C(=O)Nc2cccc(Br)c2)C(C)C)cc1OS(=O)(=O)c1cccc(C(F)(F)F)c1. The summed E-state index contributed by atoms with van der Waals surface area (Å²) in [5.41, 5.74) is -0.0361. The molecule has 0 aliphatic heterocycles. The molecule has 1 N–H and O–H groups in total. The van der Waals surface area contributed by atoms with Gasteiger partial charge < -0.3 is 19.1 Å². The molecule has 3 aromatic carbocycles. The van der Waals surface area contributed by atoms with Crippen molar-refractivity contribution in [2.75, 3.05) is 12.4 Å². The molecule has 2 amide bonds. The van der Waals surface area contributed by atoms with E-state index in [0.29, 0.717) is 17.3 Å². The van der Waals surface area contributed by atoms with Crippen LogP contribution in [-0.4, -0.2) is 32.5 Å². The number of anilines is 1. The third-order valence-corrected chi connectivity index (χ3v) is 6.91. The summed E-state index contributed by atoms with van der Waals surface area (Å²) in [6.07, 6.45) is -4.72. The molecule has 37 heavy (non-hydrogen) atoms. The highest BCUT2D eigenvalue weighted by atomic mass is 79.9. The smallest absolute Gasteiger partial charge is 0.416 e. The molecule has 12 heteroatoms. The first-order chi connectivity index (χ1) is 17.3. The average Bonchev–Trinajstić information content (AvgIpc) is 2.82. The molecule has 0 unspecified atom stereocenters. The molecular formula is C25H24BrF3N2O5S. The summed E-state index contributed by atoms with van der Waals surface area (Å²) in [6, 6.07) is 14.2. The van der Waals surface area contributed by atoms with Gasteiger partial charge in [-0.15, -0.1) is 0 Å². The Bertz CT molecular complexity index is 1380. The van der Waals surface area contributed by atoms with Crippen LogP contribution in [0.25, 0.3) is 0 Å². The van der Waals surface area contributed by atoms with Gasteiger partial charge in [0.15, 0.2) is 11.5 Å². The van der Waals surface area contributed by atoms with Gasteiger partial charge in [0.1, 0.15) is 4.90 Å². The first-order valence-corrected chi connectivity index (χ1v) is 13.1. The molecule has 198 valence electrons. The number of urea groups is 1. The van der Waals surface area contributed by atoms with Gasteiger partial charge in [0, 0.05) is 22.7 Å². The monoisotopic (exact) mass is 600 g/mol. The van der Waals surface area contributed by atoms with Crippen molar-refractivity contribution in [2.45, 2.75) is 37.5 Å². The minimum atomic E-state index is -4.72. The molecule has 7 nitrogen and oxygen atoms in total. The van der Waals surface area contributed by atoms with E-state index in [-0.39, 0.29) is 30.1 Å². The van der Waals surface area contributed by atoms with E-state index in [9.17, 15) is 26.4 Å². The zero-order chi connectivity index (χ0) is 27.4. The number of nitrogens with zero attached hydrogens (tertiary/aromatic N) is 1. The average molecular weight is 601 g/mol. The number of methoxy groups -OCH3 is 1. The second kappa shape index (κ2) is 11.4. The maximum absolute atomic E-state index is 13.1. The molecule has 0 heterocycles. The first-order valence-electron chi connectivity index (χ1n) is 10.9. The van der Waals surface area contributed by atoms with E-state index in [1.54, 1.807) is 24.3 Å². The van der Waals surface area contributed by atoms with E-state index >= 15 is 0 Å². The Morgan fingerprint density at radius 3 is 2.35 bits per heavy atom. The number of nitrogens with one attached hydrogen (secondary N) is 1. The zero-order valence-electron chi connectivity index (χ0n) is 20.0. The molecular weight excluding hydrogens is 577 g/mol. The van der Waals surface area contributed by atoms with Crippen molar-refractivity contribution in [3.05, 3.63) is 82.3 Å². The summed E-state index contributed by atoms with van der Waals surface area (Å²) in [5, 5.41) is 2.81. The minimum absolute atomic E-state index is 0.0500. The number of halogens is 4. The fourth-order valence-electron chi connectivity index (χ4n) is 3.33. The highest BCUT2D eigenvalue weighted by molar-refractivity contribution is 9.10. The van der Waals surface area contributed by atoms with Gasteiger partial charge in [0.05, 0.1) is 12.7 Å². The van der Waals surface area contributed by atoms with Crippen molar-refractivity contribution < 1.29 is 35.3 Å². The van der Waals surface area contributed by atoms with Gasteiger partial charge in [0.2, 0.25) is 0 Å². The van der Waals surface area contributed by atoms with Crippen LogP contribution in [0.2, 0.25) is 0 Å². The Morgan fingerprint density at radius 1 is 1.03 bits per heavy atom. The maximum atomic E-state index is 13.1. The Hall–Kier alpha value is -3.25. The number of alkyl halides is 3. The van der Waals surface area contributed by atoms with Crippen LogP contribution in [0.4, 0.5) is 23.7 Å². The minimum Gasteiger partial charge on any atom is -0.493 e. The summed E-state index contributed by atoms with van der Waals surface area (Å²) < 4.78 is 76.0. The van der Waals surface area contributed by atoms with Gasteiger partial charge in [-0.05, 0) is 67.9 Å². The van der Waals surface area contributed by atoms with Crippen molar-refractivity contribution in [3.63, 3.8) is 0 Å². The lowest BCUT2D eigenvalue weighted by molar-refractivity contribution is -0.137. The van der Waals surface area contributed by atoms with Crippen LogP contribution in [-0.2, 0) is 22.8 Å². The van der Waals surface area contributed by atoms with Crippen LogP contribution >= 0.6 is 15.9 Å². The number of carbonyl (C=O) groups is 1. The Kier molecular flexibility index (Phi) is 8.75. The fraction of sp³-hybridized carbons (Fsp3) is 0.240. The number of carbonyl (C=O) groups excluding carboxylic acids is 1. The van der Waals surface area contributed by atoms with Crippen molar-refractivity contribution >= 4 is 37.8 Å². The quantitative estimate of drug-likeness (QED) is 0.291. The Morgan fingerprint density at radius 2 is 1.73 bits per heavy atom. The lowest BCUT2D eigenvalue weighted by atomic mass is 10.1. The molecule has 0 atom stereocenters. The lowest BCUT2D eigenvalue weighted by Gasteiger charge is -2.27. The number of rotatable bonds is 8.